The van der Waals surface area contributed by atoms with Gasteiger partial charge in [-0.25, -0.2) is 4.79 Å². The third-order valence-electron chi connectivity index (χ3n) is 11.8. The Hall–Kier alpha value is -4.99. The number of nitrogens with zero attached hydrogens (tertiary/aromatic N) is 1. The van der Waals surface area contributed by atoms with Crippen molar-refractivity contribution in [2.45, 2.75) is 129 Å². The van der Waals surface area contributed by atoms with E-state index < -0.39 is 6.29 Å². The molecule has 0 radical (unpaired) electrons. The second-order valence-corrected chi connectivity index (χ2v) is 16.7. The van der Waals surface area contributed by atoms with Gasteiger partial charge in [-0.15, -0.1) is 0 Å². The Labute approximate surface area is 371 Å². The van der Waals surface area contributed by atoms with Crippen LogP contribution >= 0.6 is 0 Å². The van der Waals surface area contributed by atoms with Crippen LogP contribution in [0.25, 0.3) is 11.1 Å². The molecule has 1 saturated heterocycles. The molecule has 1 fully saturated rings. The molecule has 0 saturated carbocycles. The molecule has 8 nitrogen and oxygen atoms in total. The van der Waals surface area contributed by atoms with Gasteiger partial charge in [0.05, 0.1) is 18.8 Å². The van der Waals surface area contributed by atoms with Gasteiger partial charge in [-0.3, -0.25) is 0 Å². The molecule has 3 N–H and O–H groups in total. The van der Waals surface area contributed by atoms with Crippen LogP contribution in [0.3, 0.4) is 0 Å². The normalized spacial score (nSPS) is 16.3. The highest BCUT2D eigenvalue weighted by molar-refractivity contribution is 5.89. The SMILES string of the molecule is CCCCCCCCN(CCCCCCCC)CC1CC(c2ccc(CO)cc2)OC(c2ccc(-c3ccccc3CNC(=O)Nc3ccc(Oc4ccccc4)cc3)cc2)O1. The molecule has 0 bridgehead atoms. The molecule has 5 aromatic carbocycles. The molecule has 3 atom stereocenters. The van der Waals surface area contributed by atoms with E-state index in [2.05, 4.69) is 71.8 Å². The molecule has 3 unspecified atom stereocenters. The molecule has 8 heteroatoms. The van der Waals surface area contributed by atoms with Gasteiger partial charge in [0.1, 0.15) is 11.5 Å². The number of hydrogen-bond donors (Lipinski definition) is 3. The minimum absolute atomic E-state index is 0.00892. The van der Waals surface area contributed by atoms with Gasteiger partial charge in [-0.1, -0.05) is 169 Å². The van der Waals surface area contributed by atoms with E-state index in [4.69, 9.17) is 14.2 Å². The molecule has 1 heterocycles. The van der Waals surface area contributed by atoms with Crippen LogP contribution in [0.2, 0.25) is 0 Å². The van der Waals surface area contributed by atoms with Gasteiger partial charge in [-0.2, -0.15) is 0 Å². The highest BCUT2D eigenvalue weighted by Gasteiger charge is 2.33. The molecule has 0 spiro atoms. The second kappa shape index (κ2) is 25.8. The Balaban J connectivity index is 1.10. The van der Waals surface area contributed by atoms with E-state index in [0.29, 0.717) is 18.0 Å². The first-order valence-corrected chi connectivity index (χ1v) is 23.3. The Kier molecular flexibility index (Phi) is 19.4. The fourth-order valence-electron chi connectivity index (χ4n) is 8.20. The number of aliphatic hydroxyl groups excluding tert-OH is 1. The first-order chi connectivity index (χ1) is 30.5. The van der Waals surface area contributed by atoms with Gasteiger partial charge in [0, 0.05) is 30.8 Å². The molecule has 5 aromatic rings. The number of nitrogens with one attached hydrogen (secondary N) is 2. The van der Waals surface area contributed by atoms with Crippen LogP contribution in [0.5, 0.6) is 11.5 Å². The molecule has 1 aliphatic rings. The summed E-state index contributed by atoms with van der Waals surface area (Å²) in [7, 11) is 0. The Bertz CT molecular complexity index is 1990. The molecule has 330 valence electrons. The van der Waals surface area contributed by atoms with Crippen LogP contribution in [-0.4, -0.2) is 41.8 Å². The largest absolute Gasteiger partial charge is 0.457 e. The van der Waals surface area contributed by atoms with E-state index in [1.165, 1.54) is 77.0 Å². The van der Waals surface area contributed by atoms with Crippen molar-refractivity contribution in [1.82, 2.24) is 10.2 Å². The predicted molar refractivity (Wildman–Crippen MR) is 252 cm³/mol. The molecule has 1 aliphatic heterocycles. The van der Waals surface area contributed by atoms with Crippen LogP contribution in [0, 0.1) is 0 Å². The number of ether oxygens (including phenoxy) is 3. The standard InChI is InChI=1S/C54H69N3O5/c1-3-5-7-9-11-18-36-57(37-19-12-10-8-6-4-2)40-50-38-52(44-26-24-42(41-58)25-27-44)62-53(61-50)45-30-28-43(29-31-45)51-23-17-16-20-46(51)39-55-54(59)56-47-32-34-49(35-33-47)60-48-21-14-13-15-22-48/h13-17,20-35,50,52-53,58H,3-12,18-19,36-41H2,1-2H3,(H2,55,56,59). The summed E-state index contributed by atoms with van der Waals surface area (Å²) >= 11 is 0. The monoisotopic (exact) mass is 840 g/mol. The van der Waals surface area contributed by atoms with E-state index in [9.17, 15) is 9.90 Å². The summed E-state index contributed by atoms with van der Waals surface area (Å²) in [5.74, 6) is 1.45. The van der Waals surface area contributed by atoms with E-state index in [1.54, 1.807) is 0 Å². The smallest absolute Gasteiger partial charge is 0.319 e. The number of unbranched alkanes of at least 4 members (excludes halogenated alkanes) is 10. The van der Waals surface area contributed by atoms with Gasteiger partial charge in [0.25, 0.3) is 0 Å². The van der Waals surface area contributed by atoms with Gasteiger partial charge >= 0.3 is 6.03 Å². The summed E-state index contributed by atoms with van der Waals surface area (Å²) in [4.78, 5) is 15.6. The van der Waals surface area contributed by atoms with Crippen molar-refractivity contribution < 1.29 is 24.1 Å². The quantitative estimate of drug-likeness (QED) is 0.0507. The molecule has 0 aliphatic carbocycles. The Morgan fingerprint density at radius 1 is 0.661 bits per heavy atom. The molecule has 0 aromatic heterocycles. The lowest BCUT2D eigenvalue weighted by Crippen LogP contribution is -2.40. The first kappa shape index (κ1) is 46.5. The fraction of sp³-hybridized carbons (Fsp3) is 0.426. The zero-order chi connectivity index (χ0) is 43.2. The number of urea groups is 1. The maximum Gasteiger partial charge on any atom is 0.319 e. The highest BCUT2D eigenvalue weighted by atomic mass is 16.7. The van der Waals surface area contributed by atoms with Crippen molar-refractivity contribution in [2.75, 3.05) is 25.0 Å². The number of amides is 2. The summed E-state index contributed by atoms with van der Waals surface area (Å²) in [5.41, 5.74) is 6.76. The number of benzene rings is 5. The van der Waals surface area contributed by atoms with Crippen LogP contribution in [0.1, 0.15) is 132 Å². The maximum absolute atomic E-state index is 13.0. The Morgan fingerprint density at radius 2 is 1.26 bits per heavy atom. The summed E-state index contributed by atoms with van der Waals surface area (Å²) in [6, 6.07) is 41.4. The number of hydrogen-bond acceptors (Lipinski definition) is 6. The second-order valence-electron chi connectivity index (χ2n) is 16.7. The zero-order valence-electron chi connectivity index (χ0n) is 37.1. The van der Waals surface area contributed by atoms with E-state index in [0.717, 1.165) is 65.2 Å². The molecular weight excluding hydrogens is 771 g/mol. The first-order valence-electron chi connectivity index (χ1n) is 23.3. The van der Waals surface area contributed by atoms with E-state index in [1.807, 2.05) is 84.9 Å². The van der Waals surface area contributed by atoms with Crippen molar-refractivity contribution >= 4 is 11.7 Å². The van der Waals surface area contributed by atoms with Gasteiger partial charge < -0.3 is 34.9 Å². The third kappa shape index (κ3) is 15.1. The average molecular weight is 840 g/mol. The van der Waals surface area contributed by atoms with Gasteiger partial charge in [-0.05, 0) is 90.1 Å². The lowest BCUT2D eigenvalue weighted by Gasteiger charge is -2.38. The van der Waals surface area contributed by atoms with E-state index >= 15 is 0 Å². The fourth-order valence-corrected chi connectivity index (χ4v) is 8.20. The molecule has 2 amide bonds. The zero-order valence-corrected chi connectivity index (χ0v) is 37.1. The van der Waals surface area contributed by atoms with Gasteiger partial charge in [0.2, 0.25) is 0 Å². The van der Waals surface area contributed by atoms with Crippen LogP contribution in [0.4, 0.5) is 10.5 Å². The number of aliphatic hydroxyl groups is 1. The topological polar surface area (TPSA) is 92.3 Å². The summed E-state index contributed by atoms with van der Waals surface area (Å²) in [5, 5.41) is 15.7. The van der Waals surface area contributed by atoms with Crippen molar-refractivity contribution in [3.05, 3.63) is 150 Å². The minimum Gasteiger partial charge on any atom is -0.457 e. The molecule has 6 rings (SSSR count). The highest BCUT2D eigenvalue weighted by Crippen LogP contribution is 2.39. The van der Waals surface area contributed by atoms with Crippen molar-refractivity contribution in [3.63, 3.8) is 0 Å². The summed E-state index contributed by atoms with van der Waals surface area (Å²) < 4.78 is 19.5. The van der Waals surface area contributed by atoms with Crippen molar-refractivity contribution in [1.29, 1.82) is 0 Å². The molecule has 62 heavy (non-hydrogen) atoms. The summed E-state index contributed by atoms with van der Waals surface area (Å²) in [6.45, 7) is 8.02. The molecular formula is C54H69N3O5. The lowest BCUT2D eigenvalue weighted by molar-refractivity contribution is -0.253. The average Bonchev–Trinajstić information content (AvgIpc) is 3.31. The number of carbonyl (C=O) groups is 1. The number of rotatable bonds is 25. The van der Waals surface area contributed by atoms with E-state index in [-0.39, 0.29) is 24.8 Å². The lowest BCUT2D eigenvalue weighted by atomic mass is 9.97. The van der Waals surface area contributed by atoms with Crippen molar-refractivity contribution in [2.24, 2.45) is 0 Å². The minimum atomic E-state index is -0.519. The maximum atomic E-state index is 13.0. The Morgan fingerprint density at radius 3 is 1.92 bits per heavy atom. The van der Waals surface area contributed by atoms with Crippen LogP contribution < -0.4 is 15.4 Å². The number of para-hydroxylation sites is 1. The van der Waals surface area contributed by atoms with Gasteiger partial charge in [0.15, 0.2) is 6.29 Å². The number of anilines is 1. The van der Waals surface area contributed by atoms with Crippen molar-refractivity contribution in [3.8, 4) is 22.6 Å². The number of carbonyl (C=O) groups excluding carboxylic acids is 1. The predicted octanol–water partition coefficient (Wildman–Crippen LogP) is 13.5. The van der Waals surface area contributed by atoms with Crippen LogP contribution in [-0.2, 0) is 22.6 Å². The summed E-state index contributed by atoms with van der Waals surface area (Å²) in [6.07, 6.45) is 15.6. The third-order valence-corrected chi connectivity index (χ3v) is 11.8. The van der Waals surface area contributed by atoms with Crippen LogP contribution in [0.15, 0.2) is 127 Å².